The minimum atomic E-state index is -1.93. The summed E-state index contributed by atoms with van der Waals surface area (Å²) in [6, 6.07) is -0.553. The fraction of sp³-hybridized carbons (Fsp3) is 0.556. The van der Waals surface area contributed by atoms with Crippen molar-refractivity contribution in [3.63, 3.8) is 0 Å². The van der Waals surface area contributed by atoms with Crippen LogP contribution in [-0.4, -0.2) is 59.1 Å². The van der Waals surface area contributed by atoms with Gasteiger partial charge in [0.05, 0.1) is 13.1 Å². The Morgan fingerprint density at radius 1 is 1.48 bits per heavy atom. The molecule has 2 saturated heterocycles. The maximum atomic E-state index is 12.9. The van der Waals surface area contributed by atoms with Gasteiger partial charge < -0.3 is 24.4 Å². The van der Waals surface area contributed by atoms with Crippen molar-refractivity contribution in [1.29, 1.82) is 0 Å². The van der Waals surface area contributed by atoms with Crippen LogP contribution in [0.1, 0.15) is 26.7 Å². The van der Waals surface area contributed by atoms with Gasteiger partial charge in [0.15, 0.2) is 17.7 Å². The molecule has 136 valence electrons. The van der Waals surface area contributed by atoms with Crippen LogP contribution in [0.2, 0.25) is 0 Å². The van der Waals surface area contributed by atoms with Crippen LogP contribution >= 0.6 is 0 Å². The summed E-state index contributed by atoms with van der Waals surface area (Å²) in [6.07, 6.45) is 3.24. The molecule has 1 N–H and O–H groups in total. The molecule has 3 aliphatic heterocycles. The van der Waals surface area contributed by atoms with Gasteiger partial charge in [-0.15, -0.1) is 0 Å². The molecule has 2 fully saturated rings. The van der Waals surface area contributed by atoms with E-state index in [1.54, 1.807) is 19.1 Å². The van der Waals surface area contributed by atoms with Crippen molar-refractivity contribution >= 4 is 11.9 Å². The van der Waals surface area contributed by atoms with Crippen molar-refractivity contribution in [3.8, 4) is 0 Å². The highest BCUT2D eigenvalue weighted by atomic mass is 16.6. The van der Waals surface area contributed by atoms with Crippen molar-refractivity contribution in [3.05, 3.63) is 40.7 Å². The van der Waals surface area contributed by atoms with Crippen LogP contribution in [-0.2, 0) is 19.1 Å². The van der Waals surface area contributed by atoms with Gasteiger partial charge in [0.1, 0.15) is 6.61 Å². The Kier molecular flexibility index (Phi) is 4.35. The van der Waals surface area contributed by atoms with E-state index in [0.29, 0.717) is 18.5 Å². The molecule has 3 heterocycles. The highest BCUT2D eigenvalue weighted by Gasteiger charge is 2.51. The lowest BCUT2D eigenvalue weighted by Crippen LogP contribution is -2.48. The third-order valence-corrected chi connectivity index (χ3v) is 5.42. The third kappa shape index (κ3) is 2.92. The minimum Gasteiger partial charge on any atom is -0.632 e. The SMILES string of the molecule is C=C1CC(=CC)C(=O)O[C@@H]2CC[N+]3([O-])CC=C(COC(=O)[C@]1(C)O)[C@H]23. The Labute approximate surface area is 146 Å². The van der Waals surface area contributed by atoms with Crippen LogP contribution in [0, 0.1) is 5.21 Å². The monoisotopic (exact) mass is 349 g/mol. The molecule has 0 aromatic heterocycles. The molecule has 3 aliphatic rings. The quantitative estimate of drug-likeness (QED) is 0.231. The average molecular weight is 349 g/mol. The highest BCUT2D eigenvalue weighted by Crippen LogP contribution is 2.39. The number of carbonyl (C=O) groups is 2. The number of esters is 2. The van der Waals surface area contributed by atoms with Gasteiger partial charge >= 0.3 is 11.9 Å². The zero-order valence-electron chi connectivity index (χ0n) is 14.5. The second kappa shape index (κ2) is 6.09. The van der Waals surface area contributed by atoms with Gasteiger partial charge in [-0.2, -0.15) is 0 Å². The van der Waals surface area contributed by atoms with E-state index in [1.807, 2.05) is 0 Å². The molecule has 0 amide bonds. The molecule has 7 heteroatoms. The lowest BCUT2D eigenvalue weighted by atomic mass is 9.91. The molecular formula is C18H23NO6. The number of aliphatic hydroxyl groups is 1. The Balaban J connectivity index is 1.96. The van der Waals surface area contributed by atoms with Gasteiger partial charge in [0, 0.05) is 24.0 Å². The van der Waals surface area contributed by atoms with Crippen LogP contribution in [0.25, 0.3) is 0 Å². The van der Waals surface area contributed by atoms with E-state index in [2.05, 4.69) is 6.58 Å². The summed E-state index contributed by atoms with van der Waals surface area (Å²) in [4.78, 5) is 24.8. The van der Waals surface area contributed by atoms with Crippen molar-refractivity contribution in [1.82, 2.24) is 0 Å². The predicted molar refractivity (Wildman–Crippen MR) is 88.8 cm³/mol. The fourth-order valence-electron chi connectivity index (χ4n) is 3.69. The number of hydrogen-bond donors (Lipinski definition) is 1. The molecular weight excluding hydrogens is 326 g/mol. The zero-order chi connectivity index (χ0) is 18.4. The van der Waals surface area contributed by atoms with E-state index in [9.17, 15) is 19.9 Å². The smallest absolute Gasteiger partial charge is 0.342 e. The van der Waals surface area contributed by atoms with Gasteiger partial charge in [-0.25, -0.2) is 9.59 Å². The molecule has 0 radical (unpaired) electrons. The summed E-state index contributed by atoms with van der Waals surface area (Å²) in [5.41, 5.74) is -0.841. The van der Waals surface area contributed by atoms with Crippen molar-refractivity contribution in [2.45, 2.75) is 44.4 Å². The molecule has 1 unspecified atom stereocenters. The van der Waals surface area contributed by atoms with Crippen LogP contribution in [0.3, 0.4) is 0 Å². The summed E-state index contributed by atoms with van der Waals surface area (Å²) in [6.45, 7) is 7.22. The number of quaternary nitrogens is 1. The first-order valence-corrected chi connectivity index (χ1v) is 8.40. The molecule has 0 saturated carbocycles. The summed E-state index contributed by atoms with van der Waals surface area (Å²) in [5.74, 6) is -1.38. The van der Waals surface area contributed by atoms with Crippen molar-refractivity contribution in [2.24, 2.45) is 0 Å². The second-order valence-electron chi connectivity index (χ2n) is 7.06. The first kappa shape index (κ1) is 17.8. The normalized spacial score (nSPS) is 40.7. The molecule has 3 rings (SSSR count). The number of rotatable bonds is 0. The molecule has 7 nitrogen and oxygen atoms in total. The fourth-order valence-corrected chi connectivity index (χ4v) is 3.69. The molecule has 0 aromatic carbocycles. The number of carbonyl (C=O) groups excluding carboxylic acids is 2. The van der Waals surface area contributed by atoms with Crippen LogP contribution in [0.5, 0.6) is 0 Å². The van der Waals surface area contributed by atoms with Gasteiger partial charge in [-0.1, -0.05) is 12.7 Å². The first-order valence-electron chi connectivity index (χ1n) is 8.40. The Bertz CT molecular complexity index is 692. The molecule has 25 heavy (non-hydrogen) atoms. The number of nitrogens with zero attached hydrogens (tertiary/aromatic N) is 1. The summed E-state index contributed by atoms with van der Waals surface area (Å²) < 4.78 is 10.4. The maximum absolute atomic E-state index is 12.9. The molecule has 0 aliphatic carbocycles. The van der Waals surface area contributed by atoms with Gasteiger partial charge in [0.25, 0.3) is 0 Å². The molecule has 0 spiro atoms. The van der Waals surface area contributed by atoms with Crippen LogP contribution < -0.4 is 0 Å². The first-order chi connectivity index (χ1) is 11.7. The number of hydrogen-bond acceptors (Lipinski definition) is 6. The van der Waals surface area contributed by atoms with E-state index in [0.717, 1.165) is 0 Å². The Morgan fingerprint density at radius 2 is 2.20 bits per heavy atom. The molecule has 0 bridgehead atoms. The largest absolute Gasteiger partial charge is 0.632 e. The van der Waals surface area contributed by atoms with E-state index < -0.39 is 34.3 Å². The van der Waals surface area contributed by atoms with E-state index >= 15 is 0 Å². The van der Waals surface area contributed by atoms with Gasteiger partial charge in [-0.05, 0) is 25.5 Å². The standard InChI is InChI=1S/C18H23NO6/c1-4-12-9-11(2)18(3,22)17(21)24-10-13-5-7-19(23)8-6-14(15(13)19)25-16(12)20/h4-5,14-15,22H,2,6-10H2,1,3H3/t14-,15-,18-,19?/m1/s1. The topological polar surface area (TPSA) is 95.9 Å². The Morgan fingerprint density at radius 3 is 2.88 bits per heavy atom. The predicted octanol–water partition coefficient (Wildman–Crippen LogP) is 1.13. The highest BCUT2D eigenvalue weighted by molar-refractivity contribution is 5.90. The lowest BCUT2D eigenvalue weighted by Gasteiger charge is -2.40. The maximum Gasteiger partial charge on any atom is 0.342 e. The second-order valence-corrected chi connectivity index (χ2v) is 7.06. The Hall–Kier alpha value is -1.96. The number of allylic oxidation sites excluding steroid dienone is 1. The minimum absolute atomic E-state index is 0.00507. The summed E-state index contributed by atoms with van der Waals surface area (Å²) in [7, 11) is 0. The average Bonchev–Trinajstić information content (AvgIpc) is 3.05. The number of hydroxylamine groups is 3. The van der Waals surface area contributed by atoms with Gasteiger partial charge in [0.2, 0.25) is 0 Å². The zero-order valence-corrected chi connectivity index (χ0v) is 14.5. The summed E-state index contributed by atoms with van der Waals surface area (Å²) >= 11 is 0. The van der Waals surface area contributed by atoms with E-state index in [1.165, 1.54) is 6.92 Å². The number of ether oxygens (including phenoxy) is 2. The van der Waals surface area contributed by atoms with E-state index in [4.69, 9.17) is 9.47 Å². The van der Waals surface area contributed by atoms with E-state index in [-0.39, 0.29) is 30.7 Å². The molecule has 4 atom stereocenters. The van der Waals surface area contributed by atoms with Crippen LogP contribution in [0.4, 0.5) is 0 Å². The van der Waals surface area contributed by atoms with Crippen molar-refractivity contribution in [2.75, 3.05) is 19.7 Å². The van der Waals surface area contributed by atoms with Gasteiger partial charge in [-0.3, -0.25) is 0 Å². The van der Waals surface area contributed by atoms with Crippen molar-refractivity contribution < 1.29 is 28.8 Å². The number of cyclic esters (lactones) is 1. The summed E-state index contributed by atoms with van der Waals surface area (Å²) in [5, 5.41) is 23.4. The molecule has 0 aromatic rings. The van der Waals surface area contributed by atoms with Crippen LogP contribution in [0.15, 0.2) is 35.5 Å². The lowest BCUT2D eigenvalue weighted by molar-refractivity contribution is -0.877. The third-order valence-electron chi connectivity index (χ3n) is 5.42.